The number of ether oxygens (including phenoxy) is 1. The summed E-state index contributed by atoms with van der Waals surface area (Å²) in [6, 6.07) is 1.68. The van der Waals surface area contributed by atoms with Gasteiger partial charge in [0.2, 0.25) is 5.88 Å². The zero-order valence-electron chi connectivity index (χ0n) is 12.3. The molecule has 0 aromatic carbocycles. The number of hydrogen-bond donors (Lipinski definition) is 1. The molecule has 0 spiro atoms. The number of aryl methyl sites for hydroxylation is 1. The van der Waals surface area contributed by atoms with Crippen LogP contribution in [0.3, 0.4) is 0 Å². The van der Waals surface area contributed by atoms with Crippen LogP contribution in [0.5, 0.6) is 0 Å². The third kappa shape index (κ3) is 3.64. The van der Waals surface area contributed by atoms with Gasteiger partial charge < -0.3 is 24.0 Å². The van der Waals surface area contributed by atoms with E-state index in [2.05, 4.69) is 15.5 Å². The number of anilines is 1. The fraction of sp³-hybridized carbons (Fsp3) is 0.500. The Labute approximate surface area is 128 Å². The molecule has 2 aromatic rings. The molecule has 3 heterocycles. The first-order valence-corrected chi connectivity index (χ1v) is 7.36. The van der Waals surface area contributed by atoms with E-state index >= 15 is 0 Å². The Morgan fingerprint density at radius 3 is 3.00 bits per heavy atom. The molecule has 0 unspecified atom stereocenters. The highest BCUT2D eigenvalue weighted by Gasteiger charge is 2.18. The van der Waals surface area contributed by atoms with Crippen LogP contribution >= 0.6 is 0 Å². The number of morpholine rings is 1. The largest absolute Gasteiger partial charge is 0.378 e. The van der Waals surface area contributed by atoms with E-state index in [9.17, 15) is 4.79 Å². The summed E-state index contributed by atoms with van der Waals surface area (Å²) in [6.07, 6.45) is 6.22. The van der Waals surface area contributed by atoms with Crippen molar-refractivity contribution < 1.29 is 14.1 Å². The molecule has 8 nitrogen and oxygen atoms in total. The van der Waals surface area contributed by atoms with Gasteiger partial charge in [0, 0.05) is 44.6 Å². The zero-order chi connectivity index (χ0) is 15.2. The molecule has 118 valence electrons. The number of rotatable bonds is 6. The van der Waals surface area contributed by atoms with Crippen molar-refractivity contribution in [1.82, 2.24) is 20.0 Å². The third-order valence-electron chi connectivity index (χ3n) is 3.49. The molecule has 1 saturated heterocycles. The van der Waals surface area contributed by atoms with Crippen molar-refractivity contribution in [3.63, 3.8) is 0 Å². The van der Waals surface area contributed by atoms with Crippen LogP contribution in [0.15, 0.2) is 29.3 Å². The number of nitrogens with one attached hydrogen (secondary N) is 1. The van der Waals surface area contributed by atoms with E-state index in [1.807, 2.05) is 15.7 Å². The van der Waals surface area contributed by atoms with Gasteiger partial charge in [-0.3, -0.25) is 4.79 Å². The number of nitrogens with zero attached hydrogens (tertiary/aromatic N) is 4. The minimum Gasteiger partial charge on any atom is -0.378 e. The average molecular weight is 305 g/mol. The van der Waals surface area contributed by atoms with Gasteiger partial charge in [-0.05, 0) is 6.42 Å². The maximum atomic E-state index is 12.0. The molecule has 0 bridgehead atoms. The van der Waals surface area contributed by atoms with Gasteiger partial charge in [-0.1, -0.05) is 5.16 Å². The van der Waals surface area contributed by atoms with Crippen molar-refractivity contribution >= 4 is 11.8 Å². The van der Waals surface area contributed by atoms with Crippen LogP contribution in [0.1, 0.15) is 16.9 Å². The maximum absolute atomic E-state index is 12.0. The Kier molecular flexibility index (Phi) is 4.69. The highest BCUT2D eigenvalue weighted by atomic mass is 16.5. The monoisotopic (exact) mass is 305 g/mol. The standard InChI is InChI=1S/C14H19N5O3/c20-14(16-2-1-4-18-5-3-15-11-18)12-10-13(22-17-12)19-6-8-21-9-7-19/h3,5,10-11H,1-2,4,6-9H2,(H,16,20). The van der Waals surface area contributed by atoms with Crippen LogP contribution in [0.4, 0.5) is 5.88 Å². The molecule has 1 aliphatic heterocycles. The van der Waals surface area contributed by atoms with Crippen molar-refractivity contribution in [2.75, 3.05) is 37.7 Å². The second kappa shape index (κ2) is 7.08. The summed E-state index contributed by atoms with van der Waals surface area (Å²) in [7, 11) is 0. The summed E-state index contributed by atoms with van der Waals surface area (Å²) in [5.41, 5.74) is 0.309. The summed E-state index contributed by atoms with van der Waals surface area (Å²) in [4.78, 5) is 18.0. The Hall–Kier alpha value is -2.35. The lowest BCUT2D eigenvalue weighted by Gasteiger charge is -2.25. The molecule has 1 amide bonds. The highest BCUT2D eigenvalue weighted by molar-refractivity contribution is 5.92. The van der Waals surface area contributed by atoms with Gasteiger partial charge in [0.1, 0.15) is 0 Å². The summed E-state index contributed by atoms with van der Waals surface area (Å²) in [5.74, 6) is 0.403. The van der Waals surface area contributed by atoms with Crippen LogP contribution in [-0.4, -0.2) is 53.5 Å². The van der Waals surface area contributed by atoms with Crippen molar-refractivity contribution in [3.05, 3.63) is 30.5 Å². The van der Waals surface area contributed by atoms with Gasteiger partial charge in [-0.2, -0.15) is 0 Å². The average Bonchev–Trinajstić information content (AvgIpc) is 3.24. The number of carbonyl (C=O) groups is 1. The summed E-state index contributed by atoms with van der Waals surface area (Å²) >= 11 is 0. The molecule has 0 aliphatic carbocycles. The summed E-state index contributed by atoms with van der Waals surface area (Å²) in [6.45, 7) is 4.23. The molecule has 3 rings (SSSR count). The number of amides is 1. The molecule has 1 N–H and O–H groups in total. The Morgan fingerprint density at radius 2 is 2.23 bits per heavy atom. The lowest BCUT2D eigenvalue weighted by Crippen LogP contribution is -2.35. The molecular weight excluding hydrogens is 286 g/mol. The summed E-state index contributed by atoms with van der Waals surface area (Å²) in [5, 5.41) is 6.67. The first kappa shape index (κ1) is 14.6. The zero-order valence-corrected chi connectivity index (χ0v) is 12.3. The SMILES string of the molecule is O=C(NCCCn1ccnc1)c1cc(N2CCOCC2)on1. The lowest BCUT2D eigenvalue weighted by molar-refractivity contribution is 0.0943. The van der Waals surface area contributed by atoms with Gasteiger partial charge in [-0.15, -0.1) is 0 Å². The molecule has 0 saturated carbocycles. The van der Waals surface area contributed by atoms with Gasteiger partial charge in [0.25, 0.3) is 5.91 Å². The molecule has 1 fully saturated rings. The number of hydrogen-bond acceptors (Lipinski definition) is 6. The second-order valence-electron chi connectivity index (χ2n) is 5.06. The fourth-order valence-corrected chi connectivity index (χ4v) is 2.28. The topological polar surface area (TPSA) is 85.4 Å². The molecule has 22 heavy (non-hydrogen) atoms. The predicted octanol–water partition coefficient (Wildman–Crippen LogP) is 0.528. The Balaban J connectivity index is 1.44. The molecule has 0 atom stereocenters. The van der Waals surface area contributed by atoms with Crippen molar-refractivity contribution in [3.8, 4) is 0 Å². The van der Waals surface area contributed by atoms with E-state index in [-0.39, 0.29) is 5.91 Å². The number of carbonyl (C=O) groups excluding carboxylic acids is 1. The van der Waals surface area contributed by atoms with Gasteiger partial charge >= 0.3 is 0 Å². The Bertz CT molecular complexity index is 589. The normalized spacial score (nSPS) is 15.0. The summed E-state index contributed by atoms with van der Waals surface area (Å²) < 4.78 is 12.5. The lowest BCUT2D eigenvalue weighted by atomic mass is 10.3. The minimum atomic E-state index is -0.214. The highest BCUT2D eigenvalue weighted by Crippen LogP contribution is 2.16. The Morgan fingerprint density at radius 1 is 1.36 bits per heavy atom. The van der Waals surface area contributed by atoms with Crippen LogP contribution in [0.25, 0.3) is 0 Å². The van der Waals surface area contributed by atoms with Gasteiger partial charge in [0.05, 0.1) is 19.5 Å². The molecule has 2 aromatic heterocycles. The van der Waals surface area contributed by atoms with E-state index in [4.69, 9.17) is 9.26 Å². The molecule has 0 radical (unpaired) electrons. The van der Waals surface area contributed by atoms with Crippen LogP contribution in [0, 0.1) is 0 Å². The van der Waals surface area contributed by atoms with E-state index in [1.54, 1.807) is 18.6 Å². The first-order valence-electron chi connectivity index (χ1n) is 7.36. The molecular formula is C14H19N5O3. The minimum absolute atomic E-state index is 0.214. The second-order valence-corrected chi connectivity index (χ2v) is 5.06. The van der Waals surface area contributed by atoms with Gasteiger partial charge in [0.15, 0.2) is 5.69 Å². The van der Waals surface area contributed by atoms with E-state index < -0.39 is 0 Å². The van der Waals surface area contributed by atoms with Crippen LogP contribution < -0.4 is 10.2 Å². The van der Waals surface area contributed by atoms with Crippen molar-refractivity contribution in [2.45, 2.75) is 13.0 Å². The maximum Gasteiger partial charge on any atom is 0.273 e. The van der Waals surface area contributed by atoms with E-state index in [1.165, 1.54) is 0 Å². The molecule has 8 heteroatoms. The van der Waals surface area contributed by atoms with Crippen LogP contribution in [0.2, 0.25) is 0 Å². The number of aromatic nitrogens is 3. The van der Waals surface area contributed by atoms with Gasteiger partial charge in [-0.25, -0.2) is 4.98 Å². The van der Waals surface area contributed by atoms with Crippen LogP contribution in [-0.2, 0) is 11.3 Å². The van der Waals surface area contributed by atoms with Crippen molar-refractivity contribution in [2.24, 2.45) is 0 Å². The van der Waals surface area contributed by atoms with E-state index in [0.29, 0.717) is 31.3 Å². The fourth-order valence-electron chi connectivity index (χ4n) is 2.28. The first-order chi connectivity index (χ1) is 10.8. The molecule has 1 aliphatic rings. The van der Waals surface area contributed by atoms with E-state index in [0.717, 1.165) is 26.1 Å². The quantitative estimate of drug-likeness (QED) is 0.784. The smallest absolute Gasteiger partial charge is 0.273 e. The van der Waals surface area contributed by atoms with Crippen molar-refractivity contribution in [1.29, 1.82) is 0 Å². The number of imidazole rings is 1. The predicted molar refractivity (Wildman–Crippen MR) is 78.7 cm³/mol. The third-order valence-corrected chi connectivity index (χ3v) is 3.49.